The van der Waals surface area contributed by atoms with Crippen LogP contribution in [0.15, 0.2) is 0 Å². The first-order valence-corrected chi connectivity index (χ1v) is 3.10. The Morgan fingerprint density at radius 2 is 2.17 bits per heavy atom. The van der Waals surface area contributed by atoms with Gasteiger partial charge in [-0.3, -0.25) is 0 Å². The Kier molecular flexibility index (Phi) is 2.55. The lowest BCUT2D eigenvalue weighted by Crippen LogP contribution is -2.14. The lowest BCUT2D eigenvalue weighted by atomic mass is 10.9. The van der Waals surface area contributed by atoms with Crippen LogP contribution in [0.4, 0.5) is 0 Å². The van der Waals surface area contributed by atoms with E-state index in [9.17, 15) is 4.55 Å². The van der Waals surface area contributed by atoms with Gasteiger partial charge in [-0.25, -0.2) is 0 Å². The lowest BCUT2D eigenvalue weighted by molar-refractivity contribution is 0.293. The highest BCUT2D eigenvalue weighted by atomic mass is 32.2. The third kappa shape index (κ3) is 2.50. The topological polar surface area (TPSA) is 43.3 Å². The van der Waals surface area contributed by atoms with Crippen molar-refractivity contribution in [2.45, 2.75) is 5.44 Å². The fraction of sp³-hybridized carbons (Fsp3) is 0.667. The Morgan fingerprint density at radius 1 is 2.00 bits per heavy atom. The van der Waals surface area contributed by atoms with E-state index in [0.29, 0.717) is 0 Å². The van der Waals surface area contributed by atoms with Gasteiger partial charge in [0.05, 0.1) is 6.26 Å². The van der Waals surface area contributed by atoms with Crippen molar-refractivity contribution in [1.29, 1.82) is 0 Å². The predicted molar refractivity (Wildman–Crippen MR) is 25.4 cm³/mol. The van der Waals surface area contributed by atoms with Crippen molar-refractivity contribution in [2.24, 2.45) is 0 Å². The average molecular weight is 107 g/mol. The Hall–Kier alpha value is 0.270. The summed E-state index contributed by atoms with van der Waals surface area (Å²) in [6, 6.07) is 0. The molecular formula is C3H7O2S. The molecule has 1 radical (unpaired) electrons. The minimum atomic E-state index is -1.17. The first-order valence-electron chi connectivity index (χ1n) is 1.48. The molecule has 6 heavy (non-hydrogen) atoms. The lowest BCUT2D eigenvalue weighted by Gasteiger charge is -2.04. The first-order chi connectivity index (χ1) is 2.64. The summed E-state index contributed by atoms with van der Waals surface area (Å²) in [5.41, 5.74) is -0.926. The van der Waals surface area contributed by atoms with Crippen LogP contribution >= 0.6 is 0 Å². The molecule has 2 atom stereocenters. The Labute approximate surface area is 40.4 Å². The summed E-state index contributed by atoms with van der Waals surface area (Å²) in [6.07, 6.45) is 1.40. The molecule has 0 rings (SSSR count). The third-order valence-corrected chi connectivity index (χ3v) is 1.15. The van der Waals surface area contributed by atoms with Crippen LogP contribution in [-0.4, -0.2) is 21.4 Å². The summed E-state index contributed by atoms with van der Waals surface area (Å²) in [7, 11) is 0. The number of aliphatic hydroxyl groups is 1. The Bertz CT molecular complexity index is 29.8. The molecule has 0 aliphatic rings. The van der Waals surface area contributed by atoms with Gasteiger partial charge in [0.15, 0.2) is 0 Å². The maximum absolute atomic E-state index is 9.94. The molecule has 0 fully saturated rings. The molecule has 1 N–H and O–H groups in total. The van der Waals surface area contributed by atoms with Crippen molar-refractivity contribution in [3.05, 3.63) is 6.92 Å². The van der Waals surface area contributed by atoms with Crippen molar-refractivity contribution in [2.75, 3.05) is 6.26 Å². The van der Waals surface area contributed by atoms with Crippen LogP contribution < -0.4 is 0 Å². The van der Waals surface area contributed by atoms with Gasteiger partial charge in [0.2, 0.25) is 5.44 Å². The molecule has 0 bridgehead atoms. The van der Waals surface area contributed by atoms with Gasteiger partial charge in [-0.15, -0.1) is 0 Å². The van der Waals surface area contributed by atoms with E-state index in [-0.39, 0.29) is 0 Å². The number of hydrogen-bond acceptors (Lipinski definition) is 2. The molecule has 37 valence electrons. The monoisotopic (exact) mass is 107 g/mol. The molecule has 0 amide bonds. The number of rotatable bonds is 1. The van der Waals surface area contributed by atoms with Gasteiger partial charge in [0.1, 0.15) is 0 Å². The van der Waals surface area contributed by atoms with Crippen molar-refractivity contribution >= 4 is 11.2 Å². The van der Waals surface area contributed by atoms with Crippen LogP contribution in [0.2, 0.25) is 0 Å². The highest BCUT2D eigenvalue weighted by Crippen LogP contribution is 1.88. The minimum absolute atomic E-state index is 0.926. The summed E-state index contributed by atoms with van der Waals surface area (Å²) in [5.74, 6) is 0. The SMILES string of the molecule is [CH2]C(O)[S+](C)[O-]. The largest absolute Gasteiger partial charge is 0.615 e. The van der Waals surface area contributed by atoms with Crippen molar-refractivity contribution in [3.63, 3.8) is 0 Å². The van der Waals surface area contributed by atoms with E-state index in [1.54, 1.807) is 0 Å². The molecule has 2 nitrogen and oxygen atoms in total. The molecule has 0 aromatic rings. The van der Waals surface area contributed by atoms with Crippen LogP contribution in [0.3, 0.4) is 0 Å². The maximum atomic E-state index is 9.94. The second-order valence-corrected chi connectivity index (χ2v) is 2.49. The first kappa shape index (κ1) is 6.27. The zero-order valence-corrected chi connectivity index (χ0v) is 4.36. The van der Waals surface area contributed by atoms with Crippen LogP contribution in [0.25, 0.3) is 0 Å². The van der Waals surface area contributed by atoms with E-state index in [0.717, 1.165) is 0 Å². The van der Waals surface area contributed by atoms with E-state index in [4.69, 9.17) is 5.11 Å². The van der Waals surface area contributed by atoms with Gasteiger partial charge in [-0.05, 0) is 11.2 Å². The molecule has 0 aromatic carbocycles. The predicted octanol–water partition coefficient (Wildman–Crippen LogP) is -0.483. The summed E-state index contributed by atoms with van der Waals surface area (Å²) in [5, 5.41) is 8.22. The Morgan fingerprint density at radius 3 is 2.17 bits per heavy atom. The van der Waals surface area contributed by atoms with E-state index in [1.165, 1.54) is 6.26 Å². The smallest absolute Gasteiger partial charge is 0.213 e. The van der Waals surface area contributed by atoms with Crippen LogP contribution in [0.1, 0.15) is 0 Å². The molecule has 0 aliphatic heterocycles. The second kappa shape index (κ2) is 2.44. The molecule has 0 heterocycles. The standard InChI is InChI=1S/C3H7O2S/c1-3(4)6(2)5/h3-4H,1H2,2H3. The number of hydrogen-bond donors (Lipinski definition) is 1. The van der Waals surface area contributed by atoms with E-state index in [1.807, 2.05) is 0 Å². The van der Waals surface area contributed by atoms with Crippen LogP contribution in [0, 0.1) is 6.92 Å². The fourth-order valence-corrected chi connectivity index (χ4v) is 0. The third-order valence-electron chi connectivity index (χ3n) is 0.383. The molecule has 0 saturated carbocycles. The summed E-state index contributed by atoms with van der Waals surface area (Å²) in [6.45, 7) is 3.09. The summed E-state index contributed by atoms with van der Waals surface area (Å²) in [4.78, 5) is 0. The molecule has 2 unspecified atom stereocenters. The molecule has 0 aliphatic carbocycles. The van der Waals surface area contributed by atoms with Gasteiger partial charge < -0.3 is 9.66 Å². The fourth-order valence-electron chi connectivity index (χ4n) is 0. The van der Waals surface area contributed by atoms with Crippen LogP contribution in [-0.2, 0) is 11.2 Å². The zero-order chi connectivity index (χ0) is 5.15. The minimum Gasteiger partial charge on any atom is -0.615 e. The van der Waals surface area contributed by atoms with Gasteiger partial charge in [-0.1, -0.05) is 0 Å². The highest BCUT2D eigenvalue weighted by molar-refractivity contribution is 7.91. The van der Waals surface area contributed by atoms with E-state index >= 15 is 0 Å². The van der Waals surface area contributed by atoms with Crippen molar-refractivity contribution in [3.8, 4) is 0 Å². The van der Waals surface area contributed by atoms with Crippen molar-refractivity contribution in [1.82, 2.24) is 0 Å². The summed E-state index contributed by atoms with van der Waals surface area (Å²) < 4.78 is 9.94. The van der Waals surface area contributed by atoms with E-state index < -0.39 is 16.6 Å². The van der Waals surface area contributed by atoms with Crippen molar-refractivity contribution < 1.29 is 9.66 Å². The zero-order valence-electron chi connectivity index (χ0n) is 3.55. The highest BCUT2D eigenvalue weighted by Gasteiger charge is 2.02. The van der Waals surface area contributed by atoms with Gasteiger partial charge >= 0.3 is 0 Å². The molecule has 0 saturated heterocycles. The quantitative estimate of drug-likeness (QED) is 0.460. The van der Waals surface area contributed by atoms with Gasteiger partial charge in [0.25, 0.3) is 0 Å². The maximum Gasteiger partial charge on any atom is 0.213 e. The molecule has 3 heteroatoms. The van der Waals surface area contributed by atoms with Crippen LogP contribution in [0.5, 0.6) is 0 Å². The molecular weight excluding hydrogens is 100 g/mol. The summed E-state index contributed by atoms with van der Waals surface area (Å²) >= 11 is -1.17. The van der Waals surface area contributed by atoms with Gasteiger partial charge in [-0.2, -0.15) is 0 Å². The normalized spacial score (nSPS) is 20.0. The van der Waals surface area contributed by atoms with E-state index in [2.05, 4.69) is 6.92 Å². The molecule has 0 aromatic heterocycles. The number of aliphatic hydroxyl groups excluding tert-OH is 1. The molecule has 0 spiro atoms. The average Bonchev–Trinajstić information content (AvgIpc) is 1.36. The Balaban J connectivity index is 2.99. The second-order valence-electron chi connectivity index (χ2n) is 0.953. The van der Waals surface area contributed by atoms with Gasteiger partial charge in [0, 0.05) is 6.92 Å².